The van der Waals surface area contributed by atoms with Gasteiger partial charge in [0.15, 0.2) is 0 Å². The van der Waals surface area contributed by atoms with Gasteiger partial charge in [0.05, 0.1) is 7.11 Å². The van der Waals surface area contributed by atoms with Gasteiger partial charge < -0.3 is 10.1 Å². The van der Waals surface area contributed by atoms with E-state index in [-0.39, 0.29) is 11.4 Å². The summed E-state index contributed by atoms with van der Waals surface area (Å²) in [5.41, 5.74) is -0.312. The third-order valence-electron chi connectivity index (χ3n) is 2.19. The summed E-state index contributed by atoms with van der Waals surface area (Å²) in [6, 6.07) is 4.61. The molecule has 0 bridgehead atoms. The fourth-order valence-electron chi connectivity index (χ4n) is 1.18. The Bertz CT molecular complexity index is 545. The van der Waals surface area contributed by atoms with Gasteiger partial charge in [0, 0.05) is 11.4 Å². The Balaban J connectivity index is 2.87. The lowest BCUT2D eigenvalue weighted by atomic mass is 10.2. The van der Waals surface area contributed by atoms with E-state index < -0.39 is 24.1 Å². The molecule has 10 heteroatoms. The van der Waals surface area contributed by atoms with Crippen LogP contribution >= 0.6 is 0 Å². The smallest absolute Gasteiger partial charge is 0.453 e. The van der Waals surface area contributed by atoms with Gasteiger partial charge in [0.25, 0.3) is 0 Å². The summed E-state index contributed by atoms with van der Waals surface area (Å²) >= 11 is 0. The summed E-state index contributed by atoms with van der Waals surface area (Å²) in [6.45, 7) is 0. The first-order chi connectivity index (χ1) is 9.57. The van der Waals surface area contributed by atoms with Crippen molar-refractivity contribution in [3.8, 4) is 0 Å². The number of halogens is 5. The average Bonchev–Trinajstić information content (AvgIpc) is 2.37. The number of hydrogen-bond donors (Lipinski definition) is 2. The first-order valence-electron chi connectivity index (χ1n) is 5.29. The van der Waals surface area contributed by atoms with Gasteiger partial charge in [0.2, 0.25) is 0 Å². The molecule has 1 rings (SSSR count). The number of carbonyl (C=O) groups is 2. The molecule has 0 aliphatic carbocycles. The first-order valence-corrected chi connectivity index (χ1v) is 5.29. The summed E-state index contributed by atoms with van der Waals surface area (Å²) in [7, 11) is 1.07. The Morgan fingerprint density at radius 2 is 1.57 bits per heavy atom. The van der Waals surface area contributed by atoms with Gasteiger partial charge in [-0.25, -0.2) is 4.79 Å². The van der Waals surface area contributed by atoms with Crippen LogP contribution in [0.4, 0.5) is 38.1 Å². The topological polar surface area (TPSA) is 67.4 Å². The van der Waals surface area contributed by atoms with E-state index in [2.05, 4.69) is 10.1 Å². The van der Waals surface area contributed by atoms with Gasteiger partial charge in [-0.2, -0.15) is 22.0 Å². The predicted molar refractivity (Wildman–Crippen MR) is 62.1 cm³/mol. The van der Waals surface area contributed by atoms with Crippen LogP contribution in [-0.4, -0.2) is 31.2 Å². The molecule has 0 aliphatic rings. The van der Waals surface area contributed by atoms with Gasteiger partial charge in [-0.3, -0.25) is 10.1 Å². The second-order valence-corrected chi connectivity index (χ2v) is 3.72. The highest BCUT2D eigenvalue weighted by Crippen LogP contribution is 2.36. The Hall–Kier alpha value is -2.39. The SMILES string of the molecule is COC(=O)Nc1cccc(NC(=O)C(F)(F)C(F)(F)F)c1. The standard InChI is InChI=1S/C11H9F5N2O3/c1-21-9(20)18-7-4-2-3-6(5-7)17-8(19)10(12,13)11(14,15)16/h2-5H,1H3,(H,17,19)(H,18,20). The molecule has 116 valence electrons. The normalized spacial score (nSPS) is 11.7. The van der Waals surface area contributed by atoms with E-state index in [1.165, 1.54) is 17.4 Å². The van der Waals surface area contributed by atoms with Crippen molar-refractivity contribution in [2.75, 3.05) is 17.7 Å². The maximum atomic E-state index is 12.7. The summed E-state index contributed by atoms with van der Waals surface area (Å²) in [4.78, 5) is 21.9. The number of methoxy groups -OCH3 is 1. The van der Waals surface area contributed by atoms with Crippen molar-refractivity contribution >= 4 is 23.4 Å². The van der Waals surface area contributed by atoms with Crippen molar-refractivity contribution in [3.63, 3.8) is 0 Å². The number of benzene rings is 1. The minimum Gasteiger partial charge on any atom is -0.453 e. The number of ether oxygens (including phenoxy) is 1. The molecule has 2 N–H and O–H groups in total. The molecule has 0 saturated heterocycles. The van der Waals surface area contributed by atoms with E-state index in [0.717, 1.165) is 19.2 Å². The quantitative estimate of drug-likeness (QED) is 0.843. The van der Waals surface area contributed by atoms with E-state index in [1.807, 2.05) is 0 Å². The summed E-state index contributed by atoms with van der Waals surface area (Å²) in [6.07, 6.45) is -6.88. The molecule has 0 aromatic heterocycles. The zero-order chi connectivity index (χ0) is 16.3. The number of anilines is 2. The van der Waals surface area contributed by atoms with Crippen molar-refractivity contribution in [2.45, 2.75) is 12.1 Å². The Kier molecular flexibility index (Phi) is 4.71. The predicted octanol–water partition coefficient (Wildman–Crippen LogP) is 3.00. The molecule has 0 atom stereocenters. The number of hydrogen-bond acceptors (Lipinski definition) is 3. The average molecular weight is 312 g/mol. The number of alkyl halides is 5. The molecule has 1 aromatic carbocycles. The molecule has 0 radical (unpaired) electrons. The third-order valence-corrected chi connectivity index (χ3v) is 2.19. The Morgan fingerprint density at radius 1 is 1.05 bits per heavy atom. The zero-order valence-electron chi connectivity index (χ0n) is 10.4. The van der Waals surface area contributed by atoms with E-state index >= 15 is 0 Å². The van der Waals surface area contributed by atoms with Gasteiger partial charge >= 0.3 is 24.1 Å². The number of amides is 2. The monoisotopic (exact) mass is 312 g/mol. The largest absolute Gasteiger partial charge is 0.463 e. The zero-order valence-corrected chi connectivity index (χ0v) is 10.4. The maximum Gasteiger partial charge on any atom is 0.463 e. The van der Waals surface area contributed by atoms with Gasteiger partial charge in [0.1, 0.15) is 0 Å². The molecule has 0 saturated carbocycles. The highest BCUT2D eigenvalue weighted by atomic mass is 19.4. The molecular weight excluding hydrogens is 303 g/mol. The van der Waals surface area contributed by atoms with Crippen LogP contribution in [0.15, 0.2) is 24.3 Å². The number of nitrogens with one attached hydrogen (secondary N) is 2. The van der Waals surface area contributed by atoms with E-state index in [0.29, 0.717) is 0 Å². The maximum absolute atomic E-state index is 12.7. The fraction of sp³-hybridized carbons (Fsp3) is 0.273. The molecular formula is C11H9F5N2O3. The van der Waals surface area contributed by atoms with Gasteiger partial charge in [-0.05, 0) is 18.2 Å². The lowest BCUT2D eigenvalue weighted by molar-refractivity contribution is -0.267. The molecule has 0 unspecified atom stereocenters. The third kappa shape index (κ3) is 4.04. The highest BCUT2D eigenvalue weighted by molar-refractivity contribution is 5.97. The summed E-state index contributed by atoms with van der Waals surface area (Å²) in [5, 5.41) is 3.57. The van der Waals surface area contributed by atoms with Gasteiger partial charge in [-0.15, -0.1) is 0 Å². The lowest BCUT2D eigenvalue weighted by Gasteiger charge is -2.18. The van der Waals surface area contributed by atoms with Crippen LogP contribution in [0.25, 0.3) is 0 Å². The van der Waals surface area contributed by atoms with Crippen molar-refractivity contribution in [3.05, 3.63) is 24.3 Å². The van der Waals surface area contributed by atoms with Crippen molar-refractivity contribution in [1.82, 2.24) is 0 Å². The molecule has 0 heterocycles. The van der Waals surface area contributed by atoms with Crippen LogP contribution in [0.2, 0.25) is 0 Å². The summed E-state index contributed by atoms with van der Waals surface area (Å²) < 4.78 is 65.8. The number of rotatable bonds is 3. The van der Waals surface area contributed by atoms with E-state index in [9.17, 15) is 31.5 Å². The minimum atomic E-state index is -6.00. The second-order valence-electron chi connectivity index (χ2n) is 3.72. The fourth-order valence-corrected chi connectivity index (χ4v) is 1.18. The lowest BCUT2D eigenvalue weighted by Crippen LogP contribution is -2.47. The van der Waals surface area contributed by atoms with Crippen LogP contribution in [-0.2, 0) is 9.53 Å². The van der Waals surface area contributed by atoms with Crippen LogP contribution in [0.5, 0.6) is 0 Å². The number of carbonyl (C=O) groups excluding carboxylic acids is 2. The molecule has 0 aliphatic heterocycles. The molecule has 5 nitrogen and oxygen atoms in total. The van der Waals surface area contributed by atoms with Crippen LogP contribution < -0.4 is 10.6 Å². The van der Waals surface area contributed by atoms with Crippen molar-refractivity contribution < 1.29 is 36.3 Å². The minimum absolute atomic E-state index is 0.0370. The Morgan fingerprint density at radius 3 is 2.05 bits per heavy atom. The summed E-state index contributed by atoms with van der Waals surface area (Å²) in [5.74, 6) is -8.05. The first kappa shape index (κ1) is 16.7. The second kappa shape index (κ2) is 5.94. The van der Waals surface area contributed by atoms with E-state index in [4.69, 9.17) is 0 Å². The highest BCUT2D eigenvalue weighted by Gasteiger charge is 2.63. The molecule has 1 aromatic rings. The van der Waals surface area contributed by atoms with E-state index in [1.54, 1.807) is 0 Å². The van der Waals surface area contributed by atoms with Crippen LogP contribution in [0.1, 0.15) is 0 Å². The molecule has 0 spiro atoms. The van der Waals surface area contributed by atoms with Crippen molar-refractivity contribution in [2.24, 2.45) is 0 Å². The molecule has 2 amide bonds. The van der Waals surface area contributed by atoms with Crippen molar-refractivity contribution in [1.29, 1.82) is 0 Å². The molecule has 0 fully saturated rings. The van der Waals surface area contributed by atoms with Crippen LogP contribution in [0.3, 0.4) is 0 Å². The Labute approximate surface area is 115 Å². The van der Waals surface area contributed by atoms with Crippen LogP contribution in [0, 0.1) is 0 Å². The molecule has 21 heavy (non-hydrogen) atoms. The van der Waals surface area contributed by atoms with Gasteiger partial charge in [-0.1, -0.05) is 6.07 Å².